The highest BCUT2D eigenvalue weighted by Crippen LogP contribution is 2.29. The molecule has 0 saturated carbocycles. The van der Waals surface area contributed by atoms with Crippen molar-refractivity contribution < 1.29 is 9.90 Å². The maximum absolute atomic E-state index is 12.0. The van der Waals surface area contributed by atoms with Gasteiger partial charge in [0.05, 0.1) is 5.02 Å². The van der Waals surface area contributed by atoms with Crippen molar-refractivity contribution >= 4 is 29.3 Å². The van der Waals surface area contributed by atoms with Crippen LogP contribution in [-0.2, 0) is 0 Å². The molecule has 0 aliphatic carbocycles. The maximum Gasteiger partial charge on any atom is 0.251 e. The summed E-state index contributed by atoms with van der Waals surface area (Å²) in [6.45, 7) is 4.88. The number of phenolic OH excluding ortho intramolecular Hbond substituents is 1. The number of amides is 1. The second-order valence-corrected chi connectivity index (χ2v) is 6.12. The zero-order valence-electron chi connectivity index (χ0n) is 11.5. The maximum atomic E-state index is 12.0. The van der Waals surface area contributed by atoms with Crippen LogP contribution in [-0.4, -0.2) is 28.6 Å². The summed E-state index contributed by atoms with van der Waals surface area (Å²) in [5.41, 5.74) is 0.463. The van der Waals surface area contributed by atoms with E-state index in [-0.39, 0.29) is 21.4 Å². The molecular formula is C14H20ClNO2S. The van der Waals surface area contributed by atoms with Crippen molar-refractivity contribution in [1.29, 1.82) is 0 Å². The van der Waals surface area contributed by atoms with Gasteiger partial charge in [-0.3, -0.25) is 4.79 Å². The minimum atomic E-state index is -0.165. The second-order valence-electron chi connectivity index (χ2n) is 4.44. The lowest BCUT2D eigenvalue weighted by Crippen LogP contribution is -2.39. The Balaban J connectivity index is 2.72. The van der Waals surface area contributed by atoms with E-state index in [0.717, 1.165) is 12.8 Å². The molecule has 3 nitrogen and oxygen atoms in total. The lowest BCUT2D eigenvalue weighted by atomic mass is 10.0. The average molecular weight is 302 g/mol. The quantitative estimate of drug-likeness (QED) is 0.842. The van der Waals surface area contributed by atoms with Crippen LogP contribution in [0, 0.1) is 0 Å². The average Bonchev–Trinajstić information content (AvgIpc) is 2.43. The van der Waals surface area contributed by atoms with Gasteiger partial charge < -0.3 is 10.4 Å². The normalized spacial score (nSPS) is 11.4. The fourth-order valence-electron chi connectivity index (χ4n) is 1.85. The van der Waals surface area contributed by atoms with E-state index < -0.39 is 0 Å². The van der Waals surface area contributed by atoms with Crippen LogP contribution >= 0.6 is 23.4 Å². The van der Waals surface area contributed by atoms with Gasteiger partial charge in [-0.05, 0) is 37.3 Å². The monoisotopic (exact) mass is 301 g/mol. The number of phenols is 1. The molecule has 1 aromatic rings. The van der Waals surface area contributed by atoms with Crippen molar-refractivity contribution in [1.82, 2.24) is 5.32 Å². The molecule has 0 saturated heterocycles. The first-order chi connectivity index (χ1) is 8.98. The lowest BCUT2D eigenvalue weighted by molar-refractivity contribution is 0.0949. The molecule has 0 unspecified atom stereocenters. The van der Waals surface area contributed by atoms with Gasteiger partial charge >= 0.3 is 0 Å². The Bertz CT molecular complexity index is 439. The van der Waals surface area contributed by atoms with Crippen molar-refractivity contribution in [3.05, 3.63) is 28.8 Å². The van der Waals surface area contributed by atoms with Crippen LogP contribution in [0.1, 0.15) is 37.0 Å². The first-order valence-electron chi connectivity index (χ1n) is 6.30. The number of carbonyl (C=O) groups excluding carboxylic acids is 1. The molecule has 1 rings (SSSR count). The zero-order valence-corrected chi connectivity index (χ0v) is 13.1. The highest BCUT2D eigenvalue weighted by Gasteiger charge is 2.25. The van der Waals surface area contributed by atoms with Gasteiger partial charge in [0.15, 0.2) is 0 Å². The Morgan fingerprint density at radius 3 is 2.53 bits per heavy atom. The van der Waals surface area contributed by atoms with Crippen LogP contribution in [0.15, 0.2) is 18.2 Å². The Hall–Kier alpha value is -0.870. The number of hydrogen-bond donors (Lipinski definition) is 2. The third kappa shape index (κ3) is 4.05. The van der Waals surface area contributed by atoms with E-state index in [1.165, 1.54) is 12.1 Å². The molecular weight excluding hydrogens is 282 g/mol. The summed E-state index contributed by atoms with van der Waals surface area (Å²) in [6.07, 6.45) is 4.07. The molecule has 0 aromatic heterocycles. The van der Waals surface area contributed by atoms with E-state index in [4.69, 9.17) is 11.6 Å². The van der Waals surface area contributed by atoms with Gasteiger partial charge in [0.1, 0.15) is 5.75 Å². The van der Waals surface area contributed by atoms with Crippen molar-refractivity contribution in [3.8, 4) is 5.75 Å². The third-order valence-corrected chi connectivity index (χ3v) is 5.39. The summed E-state index contributed by atoms with van der Waals surface area (Å²) < 4.78 is 0.0797. The Morgan fingerprint density at radius 2 is 2.05 bits per heavy atom. The minimum Gasteiger partial charge on any atom is -0.506 e. The van der Waals surface area contributed by atoms with Gasteiger partial charge in [0, 0.05) is 16.9 Å². The van der Waals surface area contributed by atoms with Crippen LogP contribution < -0.4 is 5.32 Å². The van der Waals surface area contributed by atoms with Gasteiger partial charge in [-0.15, -0.1) is 0 Å². The Labute approximate surface area is 123 Å². The molecule has 2 N–H and O–H groups in total. The number of carbonyl (C=O) groups is 1. The third-order valence-electron chi connectivity index (χ3n) is 3.50. The SMILES string of the molecule is CCC(CC)(CNC(=O)c1ccc(O)c(Cl)c1)SC. The molecule has 0 heterocycles. The molecule has 0 aliphatic rings. The van der Waals surface area contributed by atoms with Crippen LogP contribution in [0.3, 0.4) is 0 Å². The first-order valence-corrected chi connectivity index (χ1v) is 7.90. The van der Waals surface area contributed by atoms with Gasteiger partial charge in [-0.1, -0.05) is 25.4 Å². The molecule has 1 amide bonds. The van der Waals surface area contributed by atoms with Crippen molar-refractivity contribution in [2.24, 2.45) is 0 Å². The van der Waals surface area contributed by atoms with Gasteiger partial charge in [-0.2, -0.15) is 11.8 Å². The Morgan fingerprint density at radius 1 is 1.42 bits per heavy atom. The van der Waals surface area contributed by atoms with E-state index in [2.05, 4.69) is 25.4 Å². The highest BCUT2D eigenvalue weighted by molar-refractivity contribution is 8.00. The number of rotatable bonds is 6. The van der Waals surface area contributed by atoms with Gasteiger partial charge in [0.2, 0.25) is 0 Å². The standard InChI is InChI=1S/C14H20ClNO2S/c1-4-14(5-2,19-3)9-16-13(18)10-6-7-12(17)11(15)8-10/h6-8,17H,4-5,9H2,1-3H3,(H,16,18). The van der Waals surface area contributed by atoms with Crippen LogP contribution in [0.4, 0.5) is 0 Å². The van der Waals surface area contributed by atoms with E-state index in [1.54, 1.807) is 17.8 Å². The number of halogens is 1. The molecule has 0 atom stereocenters. The minimum absolute atomic E-state index is 0.0150. The van der Waals surface area contributed by atoms with E-state index in [9.17, 15) is 9.90 Å². The largest absolute Gasteiger partial charge is 0.506 e. The molecule has 0 aliphatic heterocycles. The summed E-state index contributed by atoms with van der Waals surface area (Å²) >= 11 is 7.58. The molecule has 19 heavy (non-hydrogen) atoms. The number of thioether (sulfide) groups is 1. The molecule has 106 valence electrons. The lowest BCUT2D eigenvalue weighted by Gasteiger charge is -2.29. The first kappa shape index (κ1) is 16.2. The van der Waals surface area contributed by atoms with Crippen LogP contribution in [0.2, 0.25) is 5.02 Å². The molecule has 0 radical (unpaired) electrons. The van der Waals surface area contributed by atoms with Gasteiger partial charge in [0.25, 0.3) is 5.91 Å². The topological polar surface area (TPSA) is 49.3 Å². The predicted molar refractivity (Wildman–Crippen MR) is 82.3 cm³/mol. The summed E-state index contributed by atoms with van der Waals surface area (Å²) in [6, 6.07) is 4.47. The van der Waals surface area contributed by atoms with Crippen LogP contribution in [0.5, 0.6) is 5.75 Å². The molecule has 0 spiro atoms. The van der Waals surface area contributed by atoms with Crippen LogP contribution in [0.25, 0.3) is 0 Å². The number of aromatic hydroxyl groups is 1. The van der Waals surface area contributed by atoms with E-state index in [0.29, 0.717) is 12.1 Å². The van der Waals surface area contributed by atoms with E-state index in [1.807, 2.05) is 0 Å². The highest BCUT2D eigenvalue weighted by atomic mass is 35.5. The summed E-state index contributed by atoms with van der Waals surface area (Å²) in [4.78, 5) is 12.0. The Kier molecular flexibility index (Phi) is 6.01. The molecule has 1 aromatic carbocycles. The number of nitrogens with one attached hydrogen (secondary N) is 1. The predicted octanol–water partition coefficient (Wildman–Crippen LogP) is 3.70. The van der Waals surface area contributed by atoms with Crippen molar-refractivity contribution in [3.63, 3.8) is 0 Å². The summed E-state index contributed by atoms with van der Waals surface area (Å²) in [5.74, 6) is -0.180. The second kappa shape index (κ2) is 7.06. The summed E-state index contributed by atoms with van der Waals surface area (Å²) in [7, 11) is 0. The van der Waals surface area contributed by atoms with Crippen molar-refractivity contribution in [2.45, 2.75) is 31.4 Å². The molecule has 5 heteroatoms. The fraction of sp³-hybridized carbons (Fsp3) is 0.500. The fourth-order valence-corrected chi connectivity index (χ4v) is 2.83. The number of benzene rings is 1. The van der Waals surface area contributed by atoms with Gasteiger partial charge in [-0.25, -0.2) is 0 Å². The smallest absolute Gasteiger partial charge is 0.251 e. The summed E-state index contributed by atoms with van der Waals surface area (Å²) in [5, 5.41) is 12.5. The molecule has 0 fully saturated rings. The van der Waals surface area contributed by atoms with E-state index >= 15 is 0 Å². The number of hydrogen-bond acceptors (Lipinski definition) is 3. The zero-order chi connectivity index (χ0) is 14.5. The van der Waals surface area contributed by atoms with Crippen molar-refractivity contribution in [2.75, 3.05) is 12.8 Å². The molecule has 0 bridgehead atoms.